The summed E-state index contributed by atoms with van der Waals surface area (Å²) in [5.74, 6) is -0.857. The Morgan fingerprint density at radius 3 is 2.84 bits per heavy atom. The monoisotopic (exact) mass is 454 g/mol. The van der Waals surface area contributed by atoms with Crippen LogP contribution >= 0.6 is 22.7 Å². The van der Waals surface area contributed by atoms with Gasteiger partial charge >= 0.3 is 5.97 Å². The highest BCUT2D eigenvalue weighted by molar-refractivity contribution is 7.17. The van der Waals surface area contributed by atoms with Gasteiger partial charge in [0.25, 0.3) is 11.8 Å². The lowest BCUT2D eigenvalue weighted by Gasteiger charge is -2.16. The third kappa shape index (κ3) is 3.60. The zero-order chi connectivity index (χ0) is 21.5. The van der Waals surface area contributed by atoms with Gasteiger partial charge in [-0.3, -0.25) is 9.59 Å². The number of thiophene rings is 2. The molecule has 0 spiro atoms. The average molecular weight is 455 g/mol. The summed E-state index contributed by atoms with van der Waals surface area (Å²) < 4.78 is 10.9. The van der Waals surface area contributed by atoms with Crippen molar-refractivity contribution in [1.82, 2.24) is 0 Å². The van der Waals surface area contributed by atoms with Crippen molar-refractivity contribution in [2.45, 2.75) is 25.9 Å². The molecule has 3 aromatic rings. The number of hydrogen-bond donors (Lipinski definition) is 2. The third-order valence-electron chi connectivity index (χ3n) is 5.28. The van der Waals surface area contributed by atoms with E-state index in [4.69, 9.17) is 15.2 Å². The molecule has 0 saturated carbocycles. The summed E-state index contributed by atoms with van der Waals surface area (Å²) in [5, 5.41) is 3.10. The summed E-state index contributed by atoms with van der Waals surface area (Å²) in [4.78, 5) is 39.2. The minimum absolute atomic E-state index is 0.377. The molecule has 0 atom stereocenters. The van der Waals surface area contributed by atoms with Gasteiger partial charge in [0.05, 0.1) is 5.56 Å². The van der Waals surface area contributed by atoms with Crippen molar-refractivity contribution in [3.05, 3.63) is 56.8 Å². The van der Waals surface area contributed by atoms with Crippen LogP contribution in [0.25, 0.3) is 10.4 Å². The number of aryl methyl sites for hydroxylation is 1. The van der Waals surface area contributed by atoms with Gasteiger partial charge in [-0.15, -0.1) is 22.7 Å². The standard InChI is InChI=1S/C22H18N2O5S2/c23-20(26)18-13-5-3-7-15(13)31-21(18)24-17(25)10-29-22(27)16-8-11-9-28-14-6-2-1-4-12(14)19(11)30-16/h1-2,4,6,8H,3,5,7,9-10H2,(H2,23,26)(H,24,25). The van der Waals surface area contributed by atoms with Gasteiger partial charge in [0.2, 0.25) is 0 Å². The van der Waals surface area contributed by atoms with Crippen LogP contribution in [0.15, 0.2) is 30.3 Å². The highest BCUT2D eigenvalue weighted by atomic mass is 32.1. The molecule has 7 nitrogen and oxygen atoms in total. The van der Waals surface area contributed by atoms with Crippen LogP contribution in [0, 0.1) is 0 Å². The van der Waals surface area contributed by atoms with E-state index in [1.807, 2.05) is 24.3 Å². The van der Waals surface area contributed by atoms with E-state index in [1.54, 1.807) is 6.07 Å². The van der Waals surface area contributed by atoms with Gasteiger partial charge in [0.15, 0.2) is 6.61 Å². The van der Waals surface area contributed by atoms with E-state index in [2.05, 4.69) is 5.32 Å². The number of nitrogens with two attached hydrogens (primary N) is 1. The summed E-state index contributed by atoms with van der Waals surface area (Å²) in [5.41, 5.74) is 8.67. The van der Waals surface area contributed by atoms with Crippen LogP contribution in [0.3, 0.4) is 0 Å². The Bertz CT molecular complexity index is 1230. The molecule has 0 fully saturated rings. The van der Waals surface area contributed by atoms with Crippen LogP contribution in [0.1, 0.15) is 42.5 Å². The first-order valence-corrected chi connectivity index (χ1v) is 11.4. The number of anilines is 1. The Morgan fingerprint density at radius 1 is 1.16 bits per heavy atom. The maximum Gasteiger partial charge on any atom is 0.348 e. The number of para-hydroxylation sites is 1. The smallest absolute Gasteiger partial charge is 0.348 e. The topological polar surface area (TPSA) is 108 Å². The van der Waals surface area contributed by atoms with E-state index >= 15 is 0 Å². The summed E-state index contributed by atoms with van der Waals surface area (Å²) in [7, 11) is 0. The molecule has 0 unspecified atom stereocenters. The molecule has 0 saturated heterocycles. The number of rotatable bonds is 5. The van der Waals surface area contributed by atoms with Crippen LogP contribution in [0.5, 0.6) is 5.75 Å². The molecule has 3 heterocycles. The van der Waals surface area contributed by atoms with Gasteiger partial charge in [-0.2, -0.15) is 0 Å². The minimum Gasteiger partial charge on any atom is -0.488 e. The fraction of sp³-hybridized carbons (Fsp3) is 0.227. The van der Waals surface area contributed by atoms with Crippen LogP contribution in [-0.2, 0) is 29.0 Å². The number of hydrogen-bond acceptors (Lipinski definition) is 7. The van der Waals surface area contributed by atoms with E-state index < -0.39 is 24.4 Å². The molecule has 0 bridgehead atoms. The van der Waals surface area contributed by atoms with Gasteiger partial charge in [0, 0.05) is 20.9 Å². The molecular formula is C22H18N2O5S2. The molecular weight excluding hydrogens is 436 g/mol. The van der Waals surface area contributed by atoms with E-state index in [-0.39, 0.29) is 0 Å². The molecule has 158 valence electrons. The number of amides is 2. The molecule has 31 heavy (non-hydrogen) atoms. The third-order valence-corrected chi connectivity index (χ3v) is 7.68. The maximum atomic E-state index is 12.5. The Hall–Kier alpha value is -3.17. The molecule has 0 radical (unpaired) electrons. The number of primary amides is 1. The lowest BCUT2D eigenvalue weighted by Crippen LogP contribution is -2.22. The average Bonchev–Trinajstić information content (AvgIpc) is 3.45. The number of ether oxygens (including phenoxy) is 2. The molecule has 5 rings (SSSR count). The van der Waals surface area contributed by atoms with Gasteiger partial charge in [-0.05, 0) is 43.0 Å². The Kier molecular flexibility index (Phi) is 4.99. The molecule has 2 amide bonds. The van der Waals surface area contributed by atoms with Gasteiger partial charge in [-0.25, -0.2) is 4.79 Å². The fourth-order valence-corrected chi connectivity index (χ4v) is 6.32. The van der Waals surface area contributed by atoms with Crippen molar-refractivity contribution >= 4 is 45.5 Å². The first-order chi connectivity index (χ1) is 15.0. The second kappa shape index (κ2) is 7.82. The van der Waals surface area contributed by atoms with Gasteiger partial charge in [0.1, 0.15) is 22.2 Å². The predicted molar refractivity (Wildman–Crippen MR) is 118 cm³/mol. The highest BCUT2D eigenvalue weighted by Gasteiger charge is 2.27. The van der Waals surface area contributed by atoms with Crippen LogP contribution in [0.4, 0.5) is 5.00 Å². The number of nitrogens with one attached hydrogen (secondary N) is 1. The molecule has 1 aliphatic carbocycles. The number of carbonyl (C=O) groups is 3. The summed E-state index contributed by atoms with van der Waals surface area (Å²) in [6.07, 6.45) is 2.64. The largest absolute Gasteiger partial charge is 0.488 e. The van der Waals surface area contributed by atoms with E-state index in [0.29, 0.717) is 22.0 Å². The number of carbonyl (C=O) groups excluding carboxylic acids is 3. The first kappa shape index (κ1) is 19.8. The van der Waals surface area contributed by atoms with Crippen molar-refractivity contribution in [2.24, 2.45) is 5.73 Å². The molecule has 3 N–H and O–H groups in total. The van der Waals surface area contributed by atoms with Crippen LogP contribution < -0.4 is 15.8 Å². The highest BCUT2D eigenvalue weighted by Crippen LogP contribution is 2.42. The number of esters is 1. The van der Waals surface area contributed by atoms with Crippen molar-refractivity contribution in [3.63, 3.8) is 0 Å². The molecule has 1 aromatic carbocycles. The van der Waals surface area contributed by atoms with Gasteiger partial charge < -0.3 is 20.5 Å². The Labute approximate surface area is 185 Å². The lowest BCUT2D eigenvalue weighted by molar-refractivity contribution is -0.119. The molecule has 9 heteroatoms. The normalized spacial score (nSPS) is 13.5. The van der Waals surface area contributed by atoms with Gasteiger partial charge in [-0.1, -0.05) is 12.1 Å². The second-order valence-corrected chi connectivity index (χ2v) is 9.46. The zero-order valence-corrected chi connectivity index (χ0v) is 18.0. The SMILES string of the molecule is NC(=O)c1c(NC(=O)COC(=O)c2cc3c(s2)-c2ccccc2OC3)sc2c1CCC2. The number of benzene rings is 1. The van der Waals surface area contributed by atoms with E-state index in [9.17, 15) is 14.4 Å². The lowest BCUT2D eigenvalue weighted by atomic mass is 10.1. The van der Waals surface area contributed by atoms with Crippen LogP contribution in [-0.4, -0.2) is 24.4 Å². The van der Waals surface area contributed by atoms with Crippen molar-refractivity contribution in [3.8, 4) is 16.2 Å². The second-order valence-electron chi connectivity index (χ2n) is 7.30. The molecule has 2 aromatic heterocycles. The van der Waals surface area contributed by atoms with Crippen molar-refractivity contribution < 1.29 is 23.9 Å². The first-order valence-electron chi connectivity index (χ1n) is 9.77. The Morgan fingerprint density at radius 2 is 2.00 bits per heavy atom. The minimum atomic E-state index is -0.573. The van der Waals surface area contributed by atoms with Crippen molar-refractivity contribution in [1.29, 1.82) is 0 Å². The quantitative estimate of drug-likeness (QED) is 0.571. The summed E-state index contributed by atoms with van der Waals surface area (Å²) >= 11 is 2.68. The summed E-state index contributed by atoms with van der Waals surface area (Å²) in [6, 6.07) is 9.39. The fourth-order valence-electron chi connectivity index (χ4n) is 3.92. The van der Waals surface area contributed by atoms with Crippen molar-refractivity contribution in [2.75, 3.05) is 11.9 Å². The van der Waals surface area contributed by atoms with E-state index in [1.165, 1.54) is 22.7 Å². The zero-order valence-electron chi connectivity index (χ0n) is 16.4. The van der Waals surface area contributed by atoms with E-state index in [0.717, 1.165) is 51.5 Å². The Balaban J connectivity index is 1.26. The van der Waals surface area contributed by atoms with Crippen LogP contribution in [0.2, 0.25) is 0 Å². The molecule has 2 aliphatic rings. The summed E-state index contributed by atoms with van der Waals surface area (Å²) in [6.45, 7) is -0.0647. The maximum absolute atomic E-state index is 12.5. The predicted octanol–water partition coefficient (Wildman–Crippen LogP) is 3.75. The molecule has 1 aliphatic heterocycles. The number of fused-ring (bicyclic) bond motifs is 4.